The highest BCUT2D eigenvalue weighted by atomic mass is 32.2. The topological polar surface area (TPSA) is 142 Å². The lowest BCUT2D eigenvalue weighted by Gasteiger charge is -2.31. The first-order valence-electron chi connectivity index (χ1n) is 12.3. The zero-order valence-electron chi connectivity index (χ0n) is 21.0. The van der Waals surface area contributed by atoms with Gasteiger partial charge in [-0.05, 0) is 62.7 Å². The van der Waals surface area contributed by atoms with Crippen LogP contribution >= 0.6 is 11.8 Å². The predicted octanol–water partition coefficient (Wildman–Crippen LogP) is 4.03. The number of fused-ring (bicyclic) bond motifs is 1. The highest BCUT2D eigenvalue weighted by Gasteiger charge is 2.26. The molecular formula is C26H32F2N4O5S. The smallest absolute Gasteiger partial charge is 0.414 e. The first-order chi connectivity index (χ1) is 18.2. The number of unbranched alkanes of at least 4 members (excludes halogenated alkanes) is 1. The van der Waals surface area contributed by atoms with E-state index in [4.69, 9.17) is 30.3 Å². The summed E-state index contributed by atoms with van der Waals surface area (Å²) in [6.07, 6.45) is 3.61. The number of aliphatic carboxylic acids is 2. The average molecular weight is 551 g/mol. The number of H-pyrrole nitrogens is 1. The number of thioether (sulfide) groups is 1. The molecule has 5 N–H and O–H groups in total. The van der Waals surface area contributed by atoms with E-state index < -0.39 is 29.7 Å². The van der Waals surface area contributed by atoms with Crippen molar-refractivity contribution < 1.29 is 33.3 Å². The molecule has 0 amide bonds. The predicted molar refractivity (Wildman–Crippen MR) is 140 cm³/mol. The summed E-state index contributed by atoms with van der Waals surface area (Å²) in [5.74, 6) is -3.88. The van der Waals surface area contributed by atoms with Crippen LogP contribution in [0.15, 0.2) is 41.3 Å². The standard InChI is InChI=1S/C24H30F2N4OS.C2H2O4/c1-30-10-7-17(8-11-30)31-23(16-5-4-6-18(13-16)32-12-3-2-9-27)24-28-21-14-19(25)20(26)15-22(21)29-24;3-1(4)2(5)6/h4-6,13-15,17,23H,2-3,7-12,27H2,1H3,(H,28,29);(H,3,4)(H,5,6). The van der Waals surface area contributed by atoms with Gasteiger partial charge in [0, 0.05) is 30.1 Å². The summed E-state index contributed by atoms with van der Waals surface area (Å²) in [7, 11) is 2.11. The third kappa shape index (κ3) is 8.48. The van der Waals surface area contributed by atoms with E-state index >= 15 is 0 Å². The van der Waals surface area contributed by atoms with E-state index in [2.05, 4.69) is 34.0 Å². The third-order valence-electron chi connectivity index (χ3n) is 6.00. The molecule has 1 saturated heterocycles. The van der Waals surface area contributed by atoms with Gasteiger partial charge in [0.25, 0.3) is 0 Å². The third-order valence-corrected chi connectivity index (χ3v) is 7.08. The maximum Gasteiger partial charge on any atom is 0.414 e. The van der Waals surface area contributed by atoms with Crippen molar-refractivity contribution in [2.24, 2.45) is 5.73 Å². The van der Waals surface area contributed by atoms with Crippen LogP contribution in [0.5, 0.6) is 0 Å². The Hall–Kier alpha value is -3.06. The highest BCUT2D eigenvalue weighted by molar-refractivity contribution is 7.99. The molecule has 2 heterocycles. The number of carboxylic acid groups (broad SMARTS) is 2. The zero-order chi connectivity index (χ0) is 27.7. The first-order valence-corrected chi connectivity index (χ1v) is 13.2. The molecule has 1 unspecified atom stereocenters. The quantitative estimate of drug-likeness (QED) is 0.176. The molecule has 9 nitrogen and oxygen atoms in total. The number of nitrogens with zero attached hydrogens (tertiary/aromatic N) is 2. The van der Waals surface area contributed by atoms with Crippen molar-refractivity contribution in [2.45, 2.75) is 42.8 Å². The molecule has 206 valence electrons. The number of nitrogens with one attached hydrogen (secondary N) is 1. The molecule has 0 saturated carbocycles. The largest absolute Gasteiger partial charge is 0.473 e. The van der Waals surface area contributed by atoms with Crippen LogP contribution in [0.25, 0.3) is 11.0 Å². The molecule has 38 heavy (non-hydrogen) atoms. The van der Waals surface area contributed by atoms with Crippen LogP contribution in [0.3, 0.4) is 0 Å². The number of likely N-dealkylation sites (tertiary alicyclic amines) is 1. The van der Waals surface area contributed by atoms with Crippen molar-refractivity contribution in [3.63, 3.8) is 0 Å². The minimum absolute atomic E-state index is 0.0961. The summed E-state index contributed by atoms with van der Waals surface area (Å²) >= 11 is 1.79. The van der Waals surface area contributed by atoms with E-state index in [1.807, 2.05) is 12.1 Å². The number of imidazole rings is 1. The number of aromatic nitrogens is 2. The molecule has 0 bridgehead atoms. The fraction of sp³-hybridized carbons (Fsp3) is 0.423. The van der Waals surface area contributed by atoms with Gasteiger partial charge in [0.1, 0.15) is 11.9 Å². The highest BCUT2D eigenvalue weighted by Crippen LogP contribution is 2.32. The van der Waals surface area contributed by atoms with Gasteiger partial charge in [-0.3, -0.25) is 0 Å². The van der Waals surface area contributed by atoms with E-state index in [0.717, 1.165) is 67.1 Å². The molecule has 2 aromatic carbocycles. The number of halogens is 2. The number of carbonyl (C=O) groups is 2. The Morgan fingerprint density at radius 1 is 1.16 bits per heavy atom. The second kappa shape index (κ2) is 14.2. The number of nitrogens with two attached hydrogens (primary N) is 1. The van der Waals surface area contributed by atoms with Gasteiger partial charge in [0.2, 0.25) is 0 Å². The fourth-order valence-corrected chi connectivity index (χ4v) is 4.95. The van der Waals surface area contributed by atoms with E-state index in [1.54, 1.807) is 11.8 Å². The number of piperidine rings is 1. The molecule has 1 fully saturated rings. The molecular weight excluding hydrogens is 518 g/mol. The molecule has 0 aliphatic carbocycles. The average Bonchev–Trinajstić information content (AvgIpc) is 3.29. The van der Waals surface area contributed by atoms with Crippen LogP contribution in [0.4, 0.5) is 8.78 Å². The van der Waals surface area contributed by atoms with Crippen LogP contribution in [0.2, 0.25) is 0 Å². The van der Waals surface area contributed by atoms with E-state index in [-0.39, 0.29) is 6.10 Å². The summed E-state index contributed by atoms with van der Waals surface area (Å²) in [6, 6.07) is 10.5. The second-order valence-electron chi connectivity index (χ2n) is 8.95. The summed E-state index contributed by atoms with van der Waals surface area (Å²) < 4.78 is 34.1. The summed E-state index contributed by atoms with van der Waals surface area (Å²) in [5.41, 5.74) is 7.43. The fourth-order valence-electron chi connectivity index (χ4n) is 3.97. The van der Waals surface area contributed by atoms with Crippen molar-refractivity contribution >= 4 is 34.7 Å². The van der Waals surface area contributed by atoms with Crippen LogP contribution in [-0.4, -0.2) is 75.6 Å². The maximum absolute atomic E-state index is 13.7. The van der Waals surface area contributed by atoms with Crippen LogP contribution < -0.4 is 5.73 Å². The summed E-state index contributed by atoms with van der Waals surface area (Å²) in [5, 5.41) is 14.8. The van der Waals surface area contributed by atoms with E-state index in [1.165, 1.54) is 0 Å². The molecule has 1 atom stereocenters. The normalized spacial score (nSPS) is 15.2. The van der Waals surface area contributed by atoms with Gasteiger partial charge in [-0.2, -0.15) is 0 Å². The molecule has 1 aromatic heterocycles. The summed E-state index contributed by atoms with van der Waals surface area (Å²) in [4.78, 5) is 29.4. The number of carboxylic acids is 2. The van der Waals surface area contributed by atoms with Crippen LogP contribution in [-0.2, 0) is 14.3 Å². The number of aromatic amines is 1. The molecule has 1 aliphatic rings. The molecule has 0 spiro atoms. The SMILES string of the molecule is CN1CCC(OC(c2cccc(SCCCCN)c2)c2nc3cc(F)c(F)cc3[nH]2)CC1.O=C(O)C(=O)O. The number of hydrogen-bond donors (Lipinski definition) is 4. The molecule has 1 aliphatic heterocycles. The van der Waals surface area contributed by atoms with E-state index in [0.29, 0.717) is 23.4 Å². The Bertz CT molecular complexity index is 1180. The lowest BCUT2D eigenvalue weighted by Crippen LogP contribution is -2.35. The lowest BCUT2D eigenvalue weighted by atomic mass is 10.1. The lowest BCUT2D eigenvalue weighted by molar-refractivity contribution is -0.159. The van der Waals surface area contributed by atoms with Crippen molar-refractivity contribution in [3.05, 3.63) is 59.4 Å². The molecule has 12 heteroatoms. The van der Waals surface area contributed by atoms with Crippen molar-refractivity contribution in [1.29, 1.82) is 0 Å². The van der Waals surface area contributed by atoms with E-state index in [9.17, 15) is 8.78 Å². The second-order valence-corrected chi connectivity index (χ2v) is 10.1. The Balaban J connectivity index is 0.000000599. The van der Waals surface area contributed by atoms with Gasteiger partial charge in [-0.25, -0.2) is 23.4 Å². The van der Waals surface area contributed by atoms with Gasteiger partial charge in [-0.1, -0.05) is 12.1 Å². The molecule has 0 radical (unpaired) electrons. The first kappa shape index (κ1) is 29.5. The summed E-state index contributed by atoms with van der Waals surface area (Å²) in [6.45, 7) is 2.66. The van der Waals surface area contributed by atoms with Gasteiger partial charge in [0.15, 0.2) is 11.6 Å². The monoisotopic (exact) mass is 550 g/mol. The maximum atomic E-state index is 13.7. The van der Waals surface area contributed by atoms with Gasteiger partial charge < -0.3 is 30.6 Å². The Labute approximate surface area is 223 Å². The van der Waals surface area contributed by atoms with Crippen LogP contribution in [0, 0.1) is 11.6 Å². The van der Waals surface area contributed by atoms with Crippen molar-refractivity contribution in [3.8, 4) is 0 Å². The minimum atomic E-state index is -1.82. The van der Waals surface area contributed by atoms with Crippen molar-refractivity contribution in [2.75, 3.05) is 32.4 Å². The molecule has 4 rings (SSSR count). The number of rotatable bonds is 9. The number of hydrogen-bond acceptors (Lipinski definition) is 7. The number of ether oxygens (including phenoxy) is 1. The Kier molecular flexibility index (Phi) is 11.0. The minimum Gasteiger partial charge on any atom is -0.473 e. The Morgan fingerprint density at radius 3 is 2.50 bits per heavy atom. The molecule has 3 aromatic rings. The van der Waals surface area contributed by atoms with Crippen molar-refractivity contribution in [1.82, 2.24) is 14.9 Å². The number of benzene rings is 2. The Morgan fingerprint density at radius 2 is 1.84 bits per heavy atom. The van der Waals surface area contributed by atoms with Crippen LogP contribution in [0.1, 0.15) is 43.2 Å². The zero-order valence-corrected chi connectivity index (χ0v) is 21.8. The van der Waals surface area contributed by atoms with Gasteiger partial charge in [0.05, 0.1) is 17.1 Å². The van der Waals surface area contributed by atoms with Gasteiger partial charge >= 0.3 is 11.9 Å². The van der Waals surface area contributed by atoms with Gasteiger partial charge in [-0.15, -0.1) is 11.8 Å².